The van der Waals surface area contributed by atoms with Crippen molar-refractivity contribution in [3.8, 4) is 0 Å². The van der Waals surface area contributed by atoms with Gasteiger partial charge in [0.15, 0.2) is 5.84 Å². The lowest BCUT2D eigenvalue weighted by molar-refractivity contribution is -0.120. The van der Waals surface area contributed by atoms with E-state index in [1.165, 1.54) is 0 Å². The minimum atomic E-state index is -0.0717. The molecule has 0 fully saturated rings. The summed E-state index contributed by atoms with van der Waals surface area (Å²) in [6.45, 7) is 5.88. The fourth-order valence-electron chi connectivity index (χ4n) is 1.37. The molecule has 5 nitrogen and oxygen atoms in total. The van der Waals surface area contributed by atoms with Gasteiger partial charge in [-0.25, -0.2) is 0 Å². The van der Waals surface area contributed by atoms with Crippen LogP contribution in [-0.4, -0.2) is 17.0 Å². The number of amidine groups is 1. The molecule has 0 spiro atoms. The molecule has 18 heavy (non-hydrogen) atoms. The SMILES string of the molecule is CC(C)C(C)C(=O)Nc1cccc(C(N)=NO)c1. The highest BCUT2D eigenvalue weighted by Gasteiger charge is 2.16. The van der Waals surface area contributed by atoms with Crippen molar-refractivity contribution in [2.24, 2.45) is 22.7 Å². The van der Waals surface area contributed by atoms with E-state index in [4.69, 9.17) is 10.9 Å². The normalized spacial score (nSPS) is 13.4. The van der Waals surface area contributed by atoms with Gasteiger partial charge in [0.05, 0.1) is 0 Å². The fraction of sp³-hybridized carbons (Fsp3) is 0.385. The average molecular weight is 249 g/mol. The molecule has 5 heteroatoms. The van der Waals surface area contributed by atoms with Crippen molar-refractivity contribution in [1.29, 1.82) is 0 Å². The van der Waals surface area contributed by atoms with Crippen molar-refractivity contribution < 1.29 is 10.0 Å². The van der Waals surface area contributed by atoms with Crippen molar-refractivity contribution in [3.05, 3.63) is 29.8 Å². The summed E-state index contributed by atoms with van der Waals surface area (Å²) in [5, 5.41) is 14.3. The molecule has 0 aliphatic heterocycles. The number of nitrogens with zero attached hydrogens (tertiary/aromatic N) is 1. The van der Waals surface area contributed by atoms with E-state index >= 15 is 0 Å². The van der Waals surface area contributed by atoms with Gasteiger partial charge in [0.1, 0.15) is 0 Å². The molecule has 0 heterocycles. The zero-order valence-corrected chi connectivity index (χ0v) is 10.8. The predicted molar refractivity (Wildman–Crippen MR) is 71.6 cm³/mol. The van der Waals surface area contributed by atoms with E-state index in [0.29, 0.717) is 11.3 Å². The van der Waals surface area contributed by atoms with E-state index in [2.05, 4.69) is 10.5 Å². The van der Waals surface area contributed by atoms with E-state index < -0.39 is 0 Å². The van der Waals surface area contributed by atoms with Crippen LogP contribution in [0.2, 0.25) is 0 Å². The molecule has 4 N–H and O–H groups in total. The highest BCUT2D eigenvalue weighted by atomic mass is 16.4. The van der Waals surface area contributed by atoms with Crippen LogP contribution in [0.15, 0.2) is 29.4 Å². The van der Waals surface area contributed by atoms with Crippen molar-refractivity contribution in [3.63, 3.8) is 0 Å². The second-order valence-electron chi connectivity index (χ2n) is 4.59. The van der Waals surface area contributed by atoms with Crippen LogP contribution in [0.1, 0.15) is 26.3 Å². The first-order valence-electron chi connectivity index (χ1n) is 5.84. The summed E-state index contributed by atoms with van der Waals surface area (Å²) in [5.41, 5.74) is 6.69. The van der Waals surface area contributed by atoms with E-state index in [0.717, 1.165) is 0 Å². The molecule has 98 valence electrons. The summed E-state index contributed by atoms with van der Waals surface area (Å²) >= 11 is 0. The zero-order valence-electron chi connectivity index (χ0n) is 10.8. The number of nitrogens with two attached hydrogens (primary N) is 1. The molecule has 1 atom stereocenters. The van der Waals surface area contributed by atoms with E-state index in [-0.39, 0.29) is 23.6 Å². The van der Waals surface area contributed by atoms with Gasteiger partial charge in [-0.1, -0.05) is 38.1 Å². The number of carbonyl (C=O) groups is 1. The van der Waals surface area contributed by atoms with Gasteiger partial charge in [0.25, 0.3) is 0 Å². The van der Waals surface area contributed by atoms with Gasteiger partial charge in [0.2, 0.25) is 5.91 Å². The maximum Gasteiger partial charge on any atom is 0.227 e. The molecule has 1 aromatic carbocycles. The molecule has 0 saturated heterocycles. The molecule has 0 aromatic heterocycles. The number of rotatable bonds is 4. The highest BCUT2D eigenvalue weighted by Crippen LogP contribution is 2.15. The third kappa shape index (κ3) is 3.48. The lowest BCUT2D eigenvalue weighted by Gasteiger charge is -2.15. The molecule has 0 aliphatic rings. The Balaban J connectivity index is 2.83. The number of hydrogen-bond donors (Lipinski definition) is 3. The zero-order chi connectivity index (χ0) is 13.7. The quantitative estimate of drug-likeness (QED) is 0.330. The van der Waals surface area contributed by atoms with Gasteiger partial charge in [-0.05, 0) is 18.1 Å². The van der Waals surface area contributed by atoms with Gasteiger partial charge in [-0.2, -0.15) is 0 Å². The van der Waals surface area contributed by atoms with Gasteiger partial charge < -0.3 is 16.3 Å². The summed E-state index contributed by atoms with van der Waals surface area (Å²) in [6.07, 6.45) is 0. The molecular formula is C13H19N3O2. The number of hydrogen-bond acceptors (Lipinski definition) is 3. The van der Waals surface area contributed by atoms with E-state index in [1.54, 1.807) is 24.3 Å². The van der Waals surface area contributed by atoms with Crippen LogP contribution in [-0.2, 0) is 4.79 Å². The first-order chi connectivity index (χ1) is 8.45. The van der Waals surface area contributed by atoms with E-state index in [1.807, 2.05) is 20.8 Å². The van der Waals surface area contributed by atoms with Crippen LogP contribution in [0.4, 0.5) is 5.69 Å². The Hall–Kier alpha value is -2.04. The third-order valence-electron chi connectivity index (χ3n) is 2.95. The van der Waals surface area contributed by atoms with Crippen LogP contribution in [0.25, 0.3) is 0 Å². The largest absolute Gasteiger partial charge is 0.409 e. The molecule has 1 unspecified atom stereocenters. The Morgan fingerprint density at radius 1 is 1.39 bits per heavy atom. The second-order valence-corrected chi connectivity index (χ2v) is 4.59. The van der Waals surface area contributed by atoms with Crippen LogP contribution < -0.4 is 11.1 Å². The summed E-state index contributed by atoms with van der Waals surface area (Å²) in [7, 11) is 0. The number of oxime groups is 1. The minimum Gasteiger partial charge on any atom is -0.409 e. The summed E-state index contributed by atoms with van der Waals surface area (Å²) in [6, 6.07) is 6.87. The Morgan fingerprint density at radius 3 is 2.61 bits per heavy atom. The number of anilines is 1. The van der Waals surface area contributed by atoms with Gasteiger partial charge in [-0.15, -0.1) is 0 Å². The number of amides is 1. The van der Waals surface area contributed by atoms with Gasteiger partial charge in [0, 0.05) is 17.2 Å². The monoisotopic (exact) mass is 249 g/mol. The lowest BCUT2D eigenvalue weighted by atomic mass is 9.97. The predicted octanol–water partition coefficient (Wildman–Crippen LogP) is 2.01. The lowest BCUT2D eigenvalue weighted by Crippen LogP contribution is -2.24. The molecule has 0 aliphatic carbocycles. The smallest absolute Gasteiger partial charge is 0.227 e. The molecule has 0 bridgehead atoms. The summed E-state index contributed by atoms with van der Waals surface area (Å²) in [5.74, 6) is 0.180. The molecule has 1 aromatic rings. The Labute approximate surface area is 107 Å². The van der Waals surface area contributed by atoms with Crippen molar-refractivity contribution in [1.82, 2.24) is 0 Å². The first-order valence-corrected chi connectivity index (χ1v) is 5.84. The second kappa shape index (κ2) is 6.05. The average Bonchev–Trinajstić information content (AvgIpc) is 2.36. The van der Waals surface area contributed by atoms with Gasteiger partial charge >= 0.3 is 0 Å². The first kappa shape index (κ1) is 14.0. The maximum atomic E-state index is 11.9. The highest BCUT2D eigenvalue weighted by molar-refractivity contribution is 5.99. The fourth-order valence-corrected chi connectivity index (χ4v) is 1.37. The van der Waals surface area contributed by atoms with Crippen LogP contribution in [0.3, 0.4) is 0 Å². The Bertz CT molecular complexity index is 455. The maximum absolute atomic E-state index is 11.9. The van der Waals surface area contributed by atoms with Crippen LogP contribution in [0, 0.1) is 11.8 Å². The standard InChI is InChI=1S/C13H19N3O2/c1-8(2)9(3)13(17)15-11-6-4-5-10(7-11)12(14)16-18/h4-9,18H,1-3H3,(H2,14,16)(H,15,17). The van der Waals surface area contributed by atoms with Crippen molar-refractivity contribution in [2.45, 2.75) is 20.8 Å². The minimum absolute atomic E-state index is 0.0167. The van der Waals surface area contributed by atoms with Crippen LogP contribution in [0.5, 0.6) is 0 Å². The summed E-state index contributed by atoms with van der Waals surface area (Å²) in [4.78, 5) is 11.9. The number of carbonyl (C=O) groups excluding carboxylic acids is 1. The summed E-state index contributed by atoms with van der Waals surface area (Å²) < 4.78 is 0. The molecular weight excluding hydrogens is 230 g/mol. The van der Waals surface area contributed by atoms with E-state index in [9.17, 15) is 4.79 Å². The molecule has 1 rings (SSSR count). The van der Waals surface area contributed by atoms with Crippen molar-refractivity contribution in [2.75, 3.05) is 5.32 Å². The number of nitrogens with one attached hydrogen (secondary N) is 1. The van der Waals surface area contributed by atoms with Gasteiger partial charge in [-0.3, -0.25) is 4.79 Å². The molecule has 0 radical (unpaired) electrons. The van der Waals surface area contributed by atoms with Crippen LogP contribution >= 0.6 is 0 Å². The molecule has 1 amide bonds. The third-order valence-corrected chi connectivity index (χ3v) is 2.95. The number of benzene rings is 1. The molecule has 0 saturated carbocycles. The Kier molecular flexibility index (Phi) is 4.71. The topological polar surface area (TPSA) is 87.7 Å². The Morgan fingerprint density at radius 2 is 2.06 bits per heavy atom. The van der Waals surface area contributed by atoms with Crippen molar-refractivity contribution >= 4 is 17.4 Å².